The van der Waals surface area contributed by atoms with Crippen molar-refractivity contribution in [3.8, 4) is 0 Å². The van der Waals surface area contributed by atoms with Crippen molar-refractivity contribution in [2.24, 2.45) is 52.3 Å². The molecule has 11 unspecified atom stereocenters. The van der Waals surface area contributed by atoms with Gasteiger partial charge in [-0.25, -0.2) is 0 Å². The van der Waals surface area contributed by atoms with Crippen LogP contribution in [-0.2, 0) is 18.9 Å². The Hall–Kier alpha value is -0.160. The van der Waals surface area contributed by atoms with E-state index in [1.54, 1.807) is 0 Å². The first-order valence-electron chi connectivity index (χ1n) is 14.4. The zero-order chi connectivity index (χ0) is 22.6. The second-order valence-electron chi connectivity index (χ2n) is 13.8. The normalized spacial score (nSPS) is 59.3. The van der Waals surface area contributed by atoms with Gasteiger partial charge in [0.2, 0.25) is 0 Å². The molecular formula is C29H46O4. The monoisotopic (exact) mass is 458 g/mol. The molecule has 0 aromatic heterocycles. The molecule has 3 aliphatic heterocycles. The molecule has 3 heterocycles. The van der Waals surface area contributed by atoms with Gasteiger partial charge >= 0.3 is 0 Å². The molecule has 4 aliphatic carbocycles. The molecule has 2 spiro atoms. The van der Waals surface area contributed by atoms with Crippen molar-refractivity contribution in [3.05, 3.63) is 0 Å². The number of fused-ring (bicyclic) bond motifs is 8. The Kier molecular flexibility index (Phi) is 4.82. The van der Waals surface area contributed by atoms with Gasteiger partial charge in [0, 0.05) is 30.1 Å². The molecule has 0 aromatic carbocycles. The van der Waals surface area contributed by atoms with Crippen molar-refractivity contribution >= 4 is 0 Å². The maximum Gasteiger partial charge on any atom is 0.174 e. The van der Waals surface area contributed by atoms with Crippen LogP contribution >= 0.6 is 0 Å². The Balaban J connectivity index is 1.28. The zero-order valence-electron chi connectivity index (χ0n) is 21.4. The van der Waals surface area contributed by atoms with E-state index < -0.39 is 5.79 Å². The minimum atomic E-state index is -0.425. The van der Waals surface area contributed by atoms with Gasteiger partial charge in [0.05, 0.1) is 25.9 Å². The fourth-order valence-corrected chi connectivity index (χ4v) is 11.1. The number of hydrogen-bond donors (Lipinski definition) is 0. The predicted molar refractivity (Wildman–Crippen MR) is 126 cm³/mol. The van der Waals surface area contributed by atoms with Crippen molar-refractivity contribution < 1.29 is 18.9 Å². The number of ether oxygens (including phenoxy) is 4. The number of hydrogen-bond acceptors (Lipinski definition) is 4. The molecule has 0 amide bonds. The summed E-state index contributed by atoms with van der Waals surface area (Å²) >= 11 is 0. The fraction of sp³-hybridized carbons (Fsp3) is 1.00. The van der Waals surface area contributed by atoms with E-state index in [2.05, 4.69) is 27.7 Å². The lowest BCUT2D eigenvalue weighted by Crippen LogP contribution is -2.65. The average molecular weight is 459 g/mol. The summed E-state index contributed by atoms with van der Waals surface area (Å²) in [5.74, 6) is 3.80. The average Bonchev–Trinajstić information content (AvgIpc) is 3.46. The Morgan fingerprint density at radius 2 is 1.64 bits per heavy atom. The summed E-state index contributed by atoms with van der Waals surface area (Å²) in [5, 5.41) is 0. The minimum absolute atomic E-state index is 0.0164. The summed E-state index contributed by atoms with van der Waals surface area (Å²) in [7, 11) is 0. The van der Waals surface area contributed by atoms with E-state index >= 15 is 0 Å². The third-order valence-electron chi connectivity index (χ3n) is 12.8. The van der Waals surface area contributed by atoms with Crippen LogP contribution in [0.25, 0.3) is 0 Å². The predicted octanol–water partition coefficient (Wildman–Crippen LogP) is 6.18. The molecule has 4 heteroatoms. The largest absolute Gasteiger partial charge is 0.349 e. The molecule has 7 aliphatic rings. The third kappa shape index (κ3) is 2.68. The van der Waals surface area contributed by atoms with Gasteiger partial charge in [-0.1, -0.05) is 40.5 Å². The standard InChI is InChI=1S/C29H46O4/c1-18-10-12-28(32-17-18)19(2)25-24(33-28)15-22-21-9-8-20-7-5-6-11-26(20,3)23(21)16-29(27(22,25)4)30-13-14-31-29/h18-25H,5-17H2,1-4H3. The van der Waals surface area contributed by atoms with E-state index in [4.69, 9.17) is 18.9 Å². The van der Waals surface area contributed by atoms with Crippen molar-refractivity contribution in [2.45, 2.75) is 110 Å². The SMILES string of the molecule is CC1CCC2(OC1)OC1CC3C4CCC5CCCCC5(C)C4CC4(OCCO4)C3(C)C1C2C. The van der Waals surface area contributed by atoms with Crippen molar-refractivity contribution in [1.29, 1.82) is 0 Å². The molecule has 7 fully saturated rings. The highest BCUT2D eigenvalue weighted by Crippen LogP contribution is 2.74. The van der Waals surface area contributed by atoms with Gasteiger partial charge < -0.3 is 18.9 Å². The molecule has 0 aromatic rings. The van der Waals surface area contributed by atoms with Crippen LogP contribution < -0.4 is 0 Å². The lowest BCUT2D eigenvalue weighted by molar-refractivity contribution is -0.319. The third-order valence-corrected chi connectivity index (χ3v) is 12.8. The smallest absolute Gasteiger partial charge is 0.174 e. The Bertz CT molecular complexity index is 782. The Morgan fingerprint density at radius 1 is 0.818 bits per heavy atom. The maximum absolute atomic E-state index is 7.01. The maximum atomic E-state index is 7.01. The fourth-order valence-electron chi connectivity index (χ4n) is 11.1. The Morgan fingerprint density at radius 3 is 2.39 bits per heavy atom. The first-order valence-corrected chi connectivity index (χ1v) is 14.4. The van der Waals surface area contributed by atoms with Gasteiger partial charge in [-0.3, -0.25) is 0 Å². The summed E-state index contributed by atoms with van der Waals surface area (Å²) < 4.78 is 27.2. The van der Waals surface area contributed by atoms with Crippen molar-refractivity contribution in [2.75, 3.05) is 19.8 Å². The van der Waals surface area contributed by atoms with E-state index in [1.165, 1.54) is 51.4 Å². The van der Waals surface area contributed by atoms with Crippen LogP contribution in [0.15, 0.2) is 0 Å². The second-order valence-corrected chi connectivity index (χ2v) is 13.8. The molecule has 0 radical (unpaired) electrons. The van der Waals surface area contributed by atoms with Crippen LogP contribution in [0.2, 0.25) is 0 Å². The van der Waals surface area contributed by atoms with Crippen LogP contribution in [0.5, 0.6) is 0 Å². The van der Waals surface area contributed by atoms with Crippen LogP contribution in [0.1, 0.15) is 91.9 Å². The topological polar surface area (TPSA) is 36.9 Å². The quantitative estimate of drug-likeness (QED) is 0.435. The Labute approximate surface area is 200 Å². The van der Waals surface area contributed by atoms with Gasteiger partial charge in [-0.2, -0.15) is 0 Å². The van der Waals surface area contributed by atoms with Gasteiger partial charge in [0.25, 0.3) is 0 Å². The summed E-state index contributed by atoms with van der Waals surface area (Å²) in [6, 6.07) is 0. The molecule has 7 rings (SSSR count). The van der Waals surface area contributed by atoms with Crippen LogP contribution in [0.3, 0.4) is 0 Å². The summed E-state index contributed by atoms with van der Waals surface area (Å²) in [6.07, 6.45) is 13.4. The van der Waals surface area contributed by atoms with Gasteiger partial charge in [0.1, 0.15) is 0 Å². The van der Waals surface area contributed by atoms with Crippen LogP contribution in [0.4, 0.5) is 0 Å². The molecule has 186 valence electrons. The minimum Gasteiger partial charge on any atom is -0.349 e. The summed E-state index contributed by atoms with van der Waals surface area (Å²) in [6.45, 7) is 12.3. The van der Waals surface area contributed by atoms with Crippen molar-refractivity contribution in [1.82, 2.24) is 0 Å². The highest BCUT2D eigenvalue weighted by molar-refractivity contribution is 5.20. The van der Waals surface area contributed by atoms with Gasteiger partial charge in [0.15, 0.2) is 11.6 Å². The van der Waals surface area contributed by atoms with Crippen molar-refractivity contribution in [3.63, 3.8) is 0 Å². The summed E-state index contributed by atoms with van der Waals surface area (Å²) in [5.41, 5.74) is 0.487. The van der Waals surface area contributed by atoms with E-state index in [0.717, 1.165) is 50.4 Å². The molecule has 11 atom stereocenters. The summed E-state index contributed by atoms with van der Waals surface area (Å²) in [4.78, 5) is 0. The van der Waals surface area contributed by atoms with E-state index in [-0.39, 0.29) is 11.2 Å². The second kappa shape index (κ2) is 7.20. The number of rotatable bonds is 0. The molecule has 0 N–H and O–H groups in total. The lowest BCUT2D eigenvalue weighted by atomic mass is 9.43. The zero-order valence-corrected chi connectivity index (χ0v) is 21.4. The highest BCUT2D eigenvalue weighted by atomic mass is 16.7. The van der Waals surface area contributed by atoms with E-state index in [1.807, 2.05) is 0 Å². The van der Waals surface area contributed by atoms with Gasteiger partial charge in [-0.15, -0.1) is 0 Å². The lowest BCUT2D eigenvalue weighted by Gasteiger charge is -2.65. The molecule has 33 heavy (non-hydrogen) atoms. The molecule has 3 saturated heterocycles. The van der Waals surface area contributed by atoms with E-state index in [0.29, 0.717) is 35.2 Å². The first-order chi connectivity index (χ1) is 15.8. The van der Waals surface area contributed by atoms with E-state index in [9.17, 15) is 0 Å². The molecular weight excluding hydrogens is 412 g/mol. The van der Waals surface area contributed by atoms with Crippen LogP contribution in [-0.4, -0.2) is 37.5 Å². The van der Waals surface area contributed by atoms with Crippen LogP contribution in [0, 0.1) is 52.3 Å². The molecule has 4 nitrogen and oxygen atoms in total. The first kappa shape index (κ1) is 22.1. The highest BCUT2D eigenvalue weighted by Gasteiger charge is 2.77. The molecule has 4 saturated carbocycles. The van der Waals surface area contributed by atoms with Gasteiger partial charge in [-0.05, 0) is 73.5 Å². The molecule has 0 bridgehead atoms.